The van der Waals surface area contributed by atoms with E-state index in [0.29, 0.717) is 11.3 Å². The first kappa shape index (κ1) is 24.3. The third-order valence-electron chi connectivity index (χ3n) is 4.93. The molecule has 1 atom stereocenters. The summed E-state index contributed by atoms with van der Waals surface area (Å²) in [5.74, 6) is -0.535. The fraction of sp³-hybridized carbons (Fsp3) is 0.292. The minimum absolute atomic E-state index is 0.193. The molecule has 2 amide bonds. The Hall–Kier alpha value is -3.86. The Morgan fingerprint density at radius 1 is 1.17 bits per heavy atom. The van der Waals surface area contributed by atoms with Gasteiger partial charge in [0.15, 0.2) is 6.04 Å². The lowest BCUT2D eigenvalue weighted by molar-refractivity contribution is -0.143. The molecule has 0 bridgehead atoms. The number of thiophene rings is 1. The maximum absolute atomic E-state index is 13.6. The van der Waals surface area contributed by atoms with Crippen molar-refractivity contribution in [3.63, 3.8) is 0 Å². The fourth-order valence-electron chi connectivity index (χ4n) is 3.44. The van der Waals surface area contributed by atoms with Crippen molar-refractivity contribution < 1.29 is 18.4 Å². The number of halogens is 1. The van der Waals surface area contributed by atoms with Crippen LogP contribution in [0.2, 0.25) is 0 Å². The van der Waals surface area contributed by atoms with Crippen molar-refractivity contribution in [2.24, 2.45) is 0 Å². The van der Waals surface area contributed by atoms with Gasteiger partial charge in [-0.3, -0.25) is 9.59 Å². The number of hydrogen-bond donors (Lipinski definition) is 1. The number of tetrazole rings is 1. The lowest BCUT2D eigenvalue weighted by atomic mass is 10.1. The maximum atomic E-state index is 13.6. The number of aromatic nitrogens is 4. The summed E-state index contributed by atoms with van der Waals surface area (Å²) in [6.07, 6.45) is 1.47. The van der Waals surface area contributed by atoms with Crippen molar-refractivity contribution in [2.45, 2.75) is 45.4 Å². The summed E-state index contributed by atoms with van der Waals surface area (Å²) < 4.78 is 18.8. The monoisotopic (exact) mass is 496 g/mol. The number of nitrogens with zero attached hydrogens (tertiary/aromatic N) is 5. The van der Waals surface area contributed by atoms with Gasteiger partial charge in [0.05, 0.1) is 12.8 Å². The van der Waals surface area contributed by atoms with E-state index in [1.807, 2.05) is 38.3 Å². The molecular weight excluding hydrogens is 471 g/mol. The summed E-state index contributed by atoms with van der Waals surface area (Å²) in [6.45, 7) is 5.54. The molecule has 0 unspecified atom stereocenters. The molecule has 4 rings (SSSR count). The van der Waals surface area contributed by atoms with Gasteiger partial charge in [0, 0.05) is 16.0 Å². The summed E-state index contributed by atoms with van der Waals surface area (Å²) in [7, 11) is 0. The highest BCUT2D eigenvalue weighted by Crippen LogP contribution is 2.27. The van der Waals surface area contributed by atoms with Gasteiger partial charge in [-0.15, -0.1) is 21.5 Å². The van der Waals surface area contributed by atoms with Crippen LogP contribution in [0.3, 0.4) is 0 Å². The SMILES string of the molecule is CC(C)(C)NC(=O)[C@H](c1ccco1)N(Cc1cccs1)C(=O)Cn1nnc(-c2ccc(F)cc2)n1. The molecule has 3 aromatic heterocycles. The normalized spacial score (nSPS) is 12.3. The van der Waals surface area contributed by atoms with Crippen LogP contribution < -0.4 is 5.32 Å². The molecule has 4 aromatic rings. The smallest absolute Gasteiger partial charge is 0.251 e. The average Bonchev–Trinajstić information content (AvgIpc) is 3.56. The van der Waals surface area contributed by atoms with E-state index in [1.165, 1.54) is 46.8 Å². The lowest BCUT2D eigenvalue weighted by Gasteiger charge is -2.32. The third-order valence-corrected chi connectivity index (χ3v) is 5.79. The van der Waals surface area contributed by atoms with Gasteiger partial charge in [0.1, 0.15) is 18.1 Å². The fourth-order valence-corrected chi connectivity index (χ4v) is 4.14. The van der Waals surface area contributed by atoms with Crippen molar-refractivity contribution >= 4 is 23.2 Å². The maximum Gasteiger partial charge on any atom is 0.251 e. The second-order valence-electron chi connectivity index (χ2n) is 8.91. The summed E-state index contributed by atoms with van der Waals surface area (Å²) in [5.41, 5.74) is 0.0513. The van der Waals surface area contributed by atoms with Crippen LogP contribution >= 0.6 is 11.3 Å². The van der Waals surface area contributed by atoms with Crippen LogP contribution in [-0.4, -0.2) is 42.5 Å². The first-order valence-corrected chi connectivity index (χ1v) is 11.8. The molecule has 182 valence electrons. The molecule has 11 heteroatoms. The van der Waals surface area contributed by atoms with Crippen molar-refractivity contribution in [3.8, 4) is 11.4 Å². The molecule has 0 spiro atoms. The zero-order chi connectivity index (χ0) is 25.0. The predicted molar refractivity (Wildman–Crippen MR) is 127 cm³/mol. The summed E-state index contributed by atoms with van der Waals surface area (Å²) in [4.78, 5) is 30.4. The second-order valence-corrected chi connectivity index (χ2v) is 9.94. The molecule has 35 heavy (non-hydrogen) atoms. The van der Waals surface area contributed by atoms with Crippen LogP contribution in [0.25, 0.3) is 11.4 Å². The van der Waals surface area contributed by atoms with Gasteiger partial charge in [-0.25, -0.2) is 4.39 Å². The molecule has 3 heterocycles. The molecule has 0 fully saturated rings. The van der Waals surface area contributed by atoms with Crippen LogP contribution in [0.5, 0.6) is 0 Å². The number of benzene rings is 1. The molecule has 0 aliphatic heterocycles. The van der Waals surface area contributed by atoms with Crippen molar-refractivity contribution in [1.29, 1.82) is 0 Å². The van der Waals surface area contributed by atoms with Crippen LogP contribution in [0.4, 0.5) is 4.39 Å². The molecule has 9 nitrogen and oxygen atoms in total. The Labute approximate surface area is 205 Å². The number of furan rings is 1. The molecule has 0 aliphatic rings. The first-order valence-electron chi connectivity index (χ1n) is 10.9. The Bertz CT molecular complexity index is 1260. The quantitative estimate of drug-likeness (QED) is 0.398. The van der Waals surface area contributed by atoms with E-state index >= 15 is 0 Å². The summed E-state index contributed by atoms with van der Waals surface area (Å²) in [6, 6.07) is 11.8. The van der Waals surface area contributed by atoms with Crippen LogP contribution in [0.15, 0.2) is 64.6 Å². The Morgan fingerprint density at radius 3 is 2.57 bits per heavy atom. The highest BCUT2D eigenvalue weighted by Gasteiger charge is 2.35. The number of amides is 2. The highest BCUT2D eigenvalue weighted by molar-refractivity contribution is 7.09. The standard InChI is InChI=1S/C24H25FN6O3S/c1-24(2,3)26-23(33)21(19-7-4-12-34-19)30(14-18-6-5-13-35-18)20(32)15-31-28-22(27-29-31)16-8-10-17(25)11-9-16/h4-13,21H,14-15H2,1-3H3,(H,26,33)/t21-/m0/s1. The van der Waals surface area contributed by atoms with E-state index in [0.717, 1.165) is 9.67 Å². The number of carbonyl (C=O) groups is 2. The summed E-state index contributed by atoms with van der Waals surface area (Å²) >= 11 is 1.48. The van der Waals surface area contributed by atoms with E-state index < -0.39 is 17.5 Å². The van der Waals surface area contributed by atoms with Gasteiger partial charge < -0.3 is 14.6 Å². The average molecular weight is 497 g/mol. The molecular formula is C24H25FN6O3S. The molecule has 0 saturated carbocycles. The topological polar surface area (TPSA) is 106 Å². The van der Waals surface area contributed by atoms with Crippen molar-refractivity contribution in [2.75, 3.05) is 0 Å². The van der Waals surface area contributed by atoms with Gasteiger partial charge >= 0.3 is 0 Å². The summed E-state index contributed by atoms with van der Waals surface area (Å²) in [5, 5.41) is 17.1. The zero-order valence-electron chi connectivity index (χ0n) is 19.5. The molecule has 1 N–H and O–H groups in total. The van der Waals surface area contributed by atoms with Gasteiger partial charge in [0.2, 0.25) is 11.7 Å². The van der Waals surface area contributed by atoms with Gasteiger partial charge in [-0.2, -0.15) is 4.80 Å². The van der Waals surface area contributed by atoms with E-state index in [-0.39, 0.29) is 30.6 Å². The van der Waals surface area contributed by atoms with E-state index in [9.17, 15) is 14.0 Å². The van der Waals surface area contributed by atoms with Crippen LogP contribution in [0, 0.1) is 5.82 Å². The molecule has 0 saturated heterocycles. The predicted octanol–water partition coefficient (Wildman–Crippen LogP) is 3.82. The lowest BCUT2D eigenvalue weighted by Crippen LogP contribution is -2.49. The Morgan fingerprint density at radius 2 is 1.94 bits per heavy atom. The minimum Gasteiger partial charge on any atom is -0.467 e. The van der Waals surface area contributed by atoms with Gasteiger partial charge in [-0.1, -0.05) is 6.07 Å². The van der Waals surface area contributed by atoms with E-state index in [4.69, 9.17) is 4.42 Å². The van der Waals surface area contributed by atoms with Crippen molar-refractivity contribution in [3.05, 3.63) is 76.6 Å². The largest absolute Gasteiger partial charge is 0.467 e. The number of rotatable bonds is 8. The van der Waals surface area contributed by atoms with Crippen LogP contribution in [-0.2, 0) is 22.7 Å². The highest BCUT2D eigenvalue weighted by atomic mass is 32.1. The Balaban J connectivity index is 1.63. The number of carbonyl (C=O) groups excluding carboxylic acids is 2. The second kappa shape index (κ2) is 10.2. The van der Waals surface area contributed by atoms with E-state index in [2.05, 4.69) is 20.7 Å². The van der Waals surface area contributed by atoms with E-state index in [1.54, 1.807) is 12.1 Å². The third kappa shape index (κ3) is 6.18. The minimum atomic E-state index is -1.00. The van der Waals surface area contributed by atoms with Crippen LogP contribution in [0.1, 0.15) is 37.5 Å². The number of nitrogens with one attached hydrogen (secondary N) is 1. The van der Waals surface area contributed by atoms with Gasteiger partial charge in [0.25, 0.3) is 5.91 Å². The molecule has 1 aromatic carbocycles. The number of hydrogen-bond acceptors (Lipinski definition) is 7. The van der Waals surface area contributed by atoms with Crippen molar-refractivity contribution in [1.82, 2.24) is 30.4 Å². The Kier molecular flexibility index (Phi) is 7.06. The first-order chi connectivity index (χ1) is 16.7. The zero-order valence-corrected chi connectivity index (χ0v) is 20.3. The molecule has 0 radical (unpaired) electrons. The molecule has 0 aliphatic carbocycles. The van der Waals surface area contributed by atoms with Gasteiger partial charge in [-0.05, 0) is 73.8 Å².